The van der Waals surface area contributed by atoms with Crippen LogP contribution < -0.4 is 11.1 Å². The maximum atomic E-state index is 12.9. The van der Waals surface area contributed by atoms with Crippen molar-refractivity contribution in [3.8, 4) is 0 Å². The fourth-order valence-electron chi connectivity index (χ4n) is 2.67. The molecule has 2 amide bonds. The van der Waals surface area contributed by atoms with E-state index in [1.807, 2.05) is 60.7 Å². The van der Waals surface area contributed by atoms with Gasteiger partial charge in [0, 0.05) is 0 Å². The van der Waals surface area contributed by atoms with Gasteiger partial charge in [-0.3, -0.25) is 9.59 Å². The topological polar surface area (TPSA) is 112 Å². The summed E-state index contributed by atoms with van der Waals surface area (Å²) in [6.45, 7) is 0. The molecule has 3 rings (SSSR count). The van der Waals surface area contributed by atoms with Crippen molar-refractivity contribution >= 4 is 17.8 Å². The van der Waals surface area contributed by atoms with Gasteiger partial charge in [0.1, 0.15) is 5.76 Å². The summed E-state index contributed by atoms with van der Waals surface area (Å²) in [5.74, 6) is -3.00. The lowest BCUT2D eigenvalue weighted by Gasteiger charge is -2.22. The van der Waals surface area contributed by atoms with Gasteiger partial charge in [-0.05, 0) is 23.3 Å². The molecule has 1 aromatic heterocycles. The molecule has 0 fully saturated rings. The standard InChI is InChI=1S/C21H18N2O5/c22-19(24)20(25)23-17(16-12-7-13-27-16)21(26)28-18(14-8-3-1-4-9-14)15-10-5-2-6-11-15/h1-13,17-18H,(H2,22,24)(H,23,25). The maximum absolute atomic E-state index is 12.9. The number of furan rings is 1. The van der Waals surface area contributed by atoms with Gasteiger partial charge >= 0.3 is 17.8 Å². The molecule has 7 heteroatoms. The zero-order chi connectivity index (χ0) is 19.9. The predicted molar refractivity (Wildman–Crippen MR) is 99.6 cm³/mol. The third-order valence-corrected chi connectivity index (χ3v) is 4.00. The van der Waals surface area contributed by atoms with E-state index in [1.165, 1.54) is 12.3 Å². The number of amides is 2. The number of hydrogen-bond donors (Lipinski definition) is 2. The molecule has 3 aromatic rings. The Bertz CT molecular complexity index is 900. The molecule has 0 aliphatic heterocycles. The molecule has 0 radical (unpaired) electrons. The second-order valence-electron chi connectivity index (χ2n) is 5.92. The molecular formula is C21H18N2O5. The molecule has 1 atom stereocenters. The first-order valence-electron chi connectivity index (χ1n) is 8.50. The molecule has 0 saturated heterocycles. The smallest absolute Gasteiger partial charge is 0.337 e. The van der Waals surface area contributed by atoms with Gasteiger partial charge in [-0.15, -0.1) is 0 Å². The number of nitrogens with one attached hydrogen (secondary N) is 1. The van der Waals surface area contributed by atoms with E-state index in [2.05, 4.69) is 5.32 Å². The Labute approximate surface area is 161 Å². The number of benzene rings is 2. The summed E-state index contributed by atoms with van der Waals surface area (Å²) in [7, 11) is 0. The van der Waals surface area contributed by atoms with Crippen LogP contribution in [0.5, 0.6) is 0 Å². The third-order valence-electron chi connectivity index (χ3n) is 4.00. The van der Waals surface area contributed by atoms with Crippen LogP contribution >= 0.6 is 0 Å². The SMILES string of the molecule is NC(=O)C(=O)NC(C(=O)OC(c1ccccc1)c1ccccc1)c1ccco1. The van der Waals surface area contributed by atoms with Gasteiger partial charge in [0.05, 0.1) is 6.26 Å². The third kappa shape index (κ3) is 4.45. The van der Waals surface area contributed by atoms with Crippen LogP contribution in [0, 0.1) is 0 Å². The zero-order valence-corrected chi connectivity index (χ0v) is 14.8. The van der Waals surface area contributed by atoms with Crippen LogP contribution in [-0.2, 0) is 19.1 Å². The molecule has 1 heterocycles. The molecular weight excluding hydrogens is 360 g/mol. The van der Waals surface area contributed by atoms with E-state index in [4.69, 9.17) is 14.9 Å². The van der Waals surface area contributed by atoms with Crippen molar-refractivity contribution in [3.63, 3.8) is 0 Å². The Morgan fingerprint density at radius 2 is 1.43 bits per heavy atom. The number of esters is 1. The lowest BCUT2D eigenvalue weighted by Crippen LogP contribution is -2.41. The van der Waals surface area contributed by atoms with Crippen LogP contribution in [0.15, 0.2) is 83.5 Å². The first kappa shape index (κ1) is 18.9. The van der Waals surface area contributed by atoms with Gasteiger partial charge in [0.15, 0.2) is 12.1 Å². The first-order valence-corrected chi connectivity index (χ1v) is 8.50. The van der Waals surface area contributed by atoms with Crippen molar-refractivity contribution in [1.29, 1.82) is 0 Å². The Morgan fingerprint density at radius 3 is 1.89 bits per heavy atom. The lowest BCUT2D eigenvalue weighted by molar-refractivity contribution is -0.153. The monoisotopic (exact) mass is 378 g/mol. The van der Waals surface area contributed by atoms with Crippen LogP contribution in [-0.4, -0.2) is 17.8 Å². The minimum atomic E-state index is -1.31. The summed E-state index contributed by atoms with van der Waals surface area (Å²) in [4.78, 5) is 35.8. The van der Waals surface area contributed by atoms with Crippen molar-refractivity contribution in [2.75, 3.05) is 0 Å². The highest BCUT2D eigenvalue weighted by molar-refractivity contribution is 6.34. The zero-order valence-electron chi connectivity index (χ0n) is 14.8. The summed E-state index contributed by atoms with van der Waals surface area (Å²) in [5, 5.41) is 2.25. The average molecular weight is 378 g/mol. The van der Waals surface area contributed by atoms with Crippen LogP contribution in [0.3, 0.4) is 0 Å². The summed E-state index contributed by atoms with van der Waals surface area (Å²) >= 11 is 0. The quantitative estimate of drug-likeness (QED) is 0.505. The second kappa shape index (κ2) is 8.68. The number of rotatable bonds is 6. The van der Waals surface area contributed by atoms with E-state index in [0.717, 1.165) is 11.1 Å². The van der Waals surface area contributed by atoms with E-state index in [1.54, 1.807) is 6.07 Å². The molecule has 3 N–H and O–H groups in total. The van der Waals surface area contributed by atoms with Gasteiger partial charge in [-0.1, -0.05) is 60.7 Å². The number of ether oxygens (including phenoxy) is 1. The minimum absolute atomic E-state index is 0.125. The molecule has 142 valence electrons. The number of nitrogens with two attached hydrogens (primary N) is 1. The van der Waals surface area contributed by atoms with Crippen LogP contribution in [0.4, 0.5) is 0 Å². The van der Waals surface area contributed by atoms with Crippen molar-refractivity contribution in [1.82, 2.24) is 5.32 Å². The number of hydrogen-bond acceptors (Lipinski definition) is 5. The normalized spacial score (nSPS) is 11.6. The molecule has 0 aliphatic carbocycles. The minimum Gasteiger partial charge on any atom is -0.467 e. The van der Waals surface area contributed by atoms with Gasteiger partial charge < -0.3 is 20.2 Å². The highest BCUT2D eigenvalue weighted by Crippen LogP contribution is 2.28. The second-order valence-corrected chi connectivity index (χ2v) is 5.92. The fourth-order valence-corrected chi connectivity index (χ4v) is 2.67. The molecule has 0 spiro atoms. The molecule has 1 unspecified atom stereocenters. The molecule has 28 heavy (non-hydrogen) atoms. The highest BCUT2D eigenvalue weighted by Gasteiger charge is 2.31. The molecule has 2 aromatic carbocycles. The Balaban J connectivity index is 1.90. The molecule has 0 saturated carbocycles. The van der Waals surface area contributed by atoms with Crippen LogP contribution in [0.25, 0.3) is 0 Å². The van der Waals surface area contributed by atoms with Gasteiger partial charge in [-0.2, -0.15) is 0 Å². The van der Waals surface area contributed by atoms with E-state index in [0.29, 0.717) is 0 Å². The van der Waals surface area contributed by atoms with Crippen molar-refractivity contribution < 1.29 is 23.5 Å². The summed E-state index contributed by atoms with van der Waals surface area (Å²) in [6, 6.07) is 20.1. The Hall–Kier alpha value is -3.87. The van der Waals surface area contributed by atoms with Crippen molar-refractivity contribution in [2.24, 2.45) is 5.73 Å². The number of primary amides is 1. The van der Waals surface area contributed by atoms with E-state index in [9.17, 15) is 14.4 Å². The van der Waals surface area contributed by atoms with Gasteiger partial charge in [-0.25, -0.2) is 4.79 Å². The van der Waals surface area contributed by atoms with Crippen molar-refractivity contribution in [3.05, 3.63) is 95.9 Å². The van der Waals surface area contributed by atoms with E-state index >= 15 is 0 Å². The average Bonchev–Trinajstić information content (AvgIpc) is 3.25. The van der Waals surface area contributed by atoms with Crippen LogP contribution in [0.1, 0.15) is 29.0 Å². The Morgan fingerprint density at radius 1 is 0.857 bits per heavy atom. The fraction of sp³-hybridized carbons (Fsp3) is 0.0952. The highest BCUT2D eigenvalue weighted by atomic mass is 16.5. The first-order chi connectivity index (χ1) is 13.6. The molecule has 0 aliphatic rings. The molecule has 0 bridgehead atoms. The number of carbonyl (C=O) groups is 3. The maximum Gasteiger partial charge on any atom is 0.337 e. The number of carbonyl (C=O) groups excluding carboxylic acids is 3. The summed E-state index contributed by atoms with van der Waals surface area (Å²) in [5.41, 5.74) is 6.49. The molecule has 7 nitrogen and oxygen atoms in total. The summed E-state index contributed by atoms with van der Waals surface area (Å²) in [6.07, 6.45) is 0.635. The predicted octanol–water partition coefficient (Wildman–Crippen LogP) is 2.26. The van der Waals surface area contributed by atoms with E-state index < -0.39 is 29.9 Å². The summed E-state index contributed by atoms with van der Waals surface area (Å²) < 4.78 is 10.9. The largest absolute Gasteiger partial charge is 0.467 e. The van der Waals surface area contributed by atoms with Gasteiger partial charge in [0.2, 0.25) is 0 Å². The van der Waals surface area contributed by atoms with Crippen LogP contribution in [0.2, 0.25) is 0 Å². The Kier molecular flexibility index (Phi) is 5.86. The van der Waals surface area contributed by atoms with Crippen molar-refractivity contribution in [2.45, 2.75) is 12.1 Å². The lowest BCUT2D eigenvalue weighted by atomic mass is 10.0. The van der Waals surface area contributed by atoms with Gasteiger partial charge in [0.25, 0.3) is 0 Å². The van der Waals surface area contributed by atoms with E-state index in [-0.39, 0.29) is 5.76 Å².